The number of benzene rings is 3. The molecular weight excluding hydrogens is 482 g/mol. The fourth-order valence-electron chi connectivity index (χ4n) is 3.20. The fraction of sp³-hybridized carbons (Fsp3) is 0.0526. The molecule has 1 atom stereocenters. The van der Waals surface area contributed by atoms with Gasteiger partial charge < -0.3 is 10.2 Å². The Morgan fingerprint density at radius 2 is 1.38 bits per heavy atom. The van der Waals surface area contributed by atoms with E-state index in [2.05, 4.69) is 0 Å². The predicted octanol–water partition coefficient (Wildman–Crippen LogP) is 5.89. The van der Waals surface area contributed by atoms with Gasteiger partial charge in [0.2, 0.25) is 0 Å². The van der Waals surface area contributed by atoms with Gasteiger partial charge in [0.25, 0.3) is 10.1 Å². The van der Waals surface area contributed by atoms with Crippen molar-refractivity contribution in [1.82, 2.24) is 0 Å². The van der Waals surface area contributed by atoms with Crippen LogP contribution in [0.2, 0.25) is 20.1 Å². The summed E-state index contributed by atoms with van der Waals surface area (Å²) in [5, 5.41) is 20.7. The highest BCUT2D eigenvalue weighted by Gasteiger charge is 2.52. The summed E-state index contributed by atoms with van der Waals surface area (Å²) in [5.74, 6) is -1.47. The zero-order chi connectivity index (χ0) is 21.6. The Hall–Kier alpha value is -1.67. The second kappa shape index (κ2) is 7.87. The molecular formula is C19H12Cl4O5S. The first-order valence-electron chi connectivity index (χ1n) is 7.89. The normalized spacial score (nSPS) is 13.8. The van der Waals surface area contributed by atoms with E-state index in [9.17, 15) is 23.2 Å². The van der Waals surface area contributed by atoms with Gasteiger partial charge in [-0.3, -0.25) is 4.55 Å². The number of phenols is 2. The maximum absolute atomic E-state index is 13.0. The van der Waals surface area contributed by atoms with Gasteiger partial charge in [-0.2, -0.15) is 8.42 Å². The van der Waals surface area contributed by atoms with Gasteiger partial charge in [0, 0.05) is 10.6 Å². The van der Waals surface area contributed by atoms with Crippen molar-refractivity contribution in [3.63, 3.8) is 0 Å². The zero-order valence-corrected chi connectivity index (χ0v) is 18.1. The van der Waals surface area contributed by atoms with Crippen LogP contribution in [-0.2, 0) is 14.9 Å². The van der Waals surface area contributed by atoms with Crippen LogP contribution in [0.4, 0.5) is 0 Å². The Morgan fingerprint density at radius 1 is 0.759 bits per heavy atom. The van der Waals surface area contributed by atoms with Crippen LogP contribution in [0.25, 0.3) is 0 Å². The molecule has 152 valence electrons. The van der Waals surface area contributed by atoms with Gasteiger partial charge in [0.1, 0.15) is 0 Å². The van der Waals surface area contributed by atoms with Crippen LogP contribution in [-0.4, -0.2) is 23.2 Å². The molecule has 3 N–H and O–H groups in total. The minimum absolute atomic E-state index is 0.00464. The van der Waals surface area contributed by atoms with Crippen LogP contribution in [0, 0.1) is 0 Å². The summed E-state index contributed by atoms with van der Waals surface area (Å²) in [6.45, 7) is 0. The Bertz CT molecular complexity index is 1210. The molecule has 10 heteroatoms. The van der Waals surface area contributed by atoms with Crippen LogP contribution in [0.15, 0.2) is 54.6 Å². The molecule has 0 saturated carbocycles. The molecule has 0 aromatic heterocycles. The molecule has 29 heavy (non-hydrogen) atoms. The van der Waals surface area contributed by atoms with E-state index in [1.54, 1.807) is 0 Å². The molecule has 0 aliphatic rings. The van der Waals surface area contributed by atoms with Crippen LogP contribution in [0.5, 0.6) is 11.5 Å². The highest BCUT2D eigenvalue weighted by Crippen LogP contribution is 2.52. The first-order valence-corrected chi connectivity index (χ1v) is 10.8. The van der Waals surface area contributed by atoms with E-state index in [1.807, 2.05) is 0 Å². The van der Waals surface area contributed by atoms with Gasteiger partial charge in [-0.25, -0.2) is 0 Å². The first kappa shape index (κ1) is 22.0. The largest absolute Gasteiger partial charge is 0.504 e. The summed E-state index contributed by atoms with van der Waals surface area (Å²) >= 11 is 24.4. The topological polar surface area (TPSA) is 94.8 Å². The van der Waals surface area contributed by atoms with Crippen molar-refractivity contribution in [2.24, 2.45) is 0 Å². The molecule has 0 fully saturated rings. The molecule has 0 radical (unpaired) electrons. The van der Waals surface area contributed by atoms with Crippen molar-refractivity contribution < 1.29 is 23.2 Å². The third-order valence-corrected chi connectivity index (χ3v) is 7.14. The van der Waals surface area contributed by atoms with Crippen molar-refractivity contribution in [3.8, 4) is 11.5 Å². The lowest BCUT2D eigenvalue weighted by Crippen LogP contribution is -2.38. The van der Waals surface area contributed by atoms with Crippen LogP contribution in [0.3, 0.4) is 0 Å². The van der Waals surface area contributed by atoms with Crippen molar-refractivity contribution in [3.05, 3.63) is 91.4 Å². The summed E-state index contributed by atoms with van der Waals surface area (Å²) in [7, 11) is -5.11. The van der Waals surface area contributed by atoms with E-state index in [1.165, 1.54) is 48.5 Å². The van der Waals surface area contributed by atoms with Gasteiger partial charge in [-0.05, 0) is 47.5 Å². The smallest absolute Gasteiger partial charge is 0.283 e. The Morgan fingerprint density at radius 3 is 1.97 bits per heavy atom. The van der Waals surface area contributed by atoms with Gasteiger partial charge in [0.05, 0.1) is 15.1 Å². The highest BCUT2D eigenvalue weighted by molar-refractivity contribution is 7.87. The summed E-state index contributed by atoms with van der Waals surface area (Å²) < 4.78 is 33.9. The molecule has 5 nitrogen and oxygen atoms in total. The number of aromatic hydroxyl groups is 2. The van der Waals surface area contributed by atoms with Gasteiger partial charge in [0.15, 0.2) is 16.2 Å². The van der Waals surface area contributed by atoms with Crippen molar-refractivity contribution in [2.45, 2.75) is 4.75 Å². The van der Waals surface area contributed by atoms with Crippen LogP contribution in [0.1, 0.15) is 16.7 Å². The third-order valence-electron chi connectivity index (χ3n) is 4.40. The summed E-state index contributed by atoms with van der Waals surface area (Å²) in [6, 6.07) is 11.8. The van der Waals surface area contributed by atoms with E-state index in [-0.39, 0.29) is 31.2 Å². The Kier molecular flexibility index (Phi) is 5.98. The standard InChI is InChI=1S/C19H12Cl4O5S/c20-12-3-1-2-10(8-12)19(29(26,27)28,11-4-5-13(21)15(23)9-11)17-14(22)6-7-16(24)18(17)25/h1-9,24-25H,(H,26,27,28). The monoisotopic (exact) mass is 492 g/mol. The minimum atomic E-state index is -5.11. The van der Waals surface area contributed by atoms with E-state index in [4.69, 9.17) is 46.4 Å². The second-order valence-corrected chi connectivity index (χ2v) is 9.31. The predicted molar refractivity (Wildman–Crippen MR) is 114 cm³/mol. The molecule has 0 amide bonds. The Balaban J connectivity index is 2.63. The molecule has 0 bridgehead atoms. The lowest BCUT2D eigenvalue weighted by molar-refractivity contribution is 0.394. The number of rotatable bonds is 4. The number of phenolic OH excluding ortho intramolecular Hbond substituents is 2. The van der Waals surface area contributed by atoms with Crippen LogP contribution < -0.4 is 0 Å². The maximum Gasteiger partial charge on any atom is 0.283 e. The minimum Gasteiger partial charge on any atom is -0.504 e. The van der Waals surface area contributed by atoms with E-state index in [0.717, 1.165) is 6.07 Å². The summed E-state index contributed by atoms with van der Waals surface area (Å²) in [4.78, 5) is 0. The van der Waals surface area contributed by atoms with Crippen molar-refractivity contribution in [2.75, 3.05) is 0 Å². The quantitative estimate of drug-likeness (QED) is 0.239. The van der Waals surface area contributed by atoms with Crippen LogP contribution >= 0.6 is 46.4 Å². The molecule has 0 aliphatic heterocycles. The van der Waals surface area contributed by atoms with Gasteiger partial charge in [-0.15, -0.1) is 0 Å². The van der Waals surface area contributed by atoms with E-state index < -0.39 is 31.9 Å². The molecule has 3 aromatic rings. The van der Waals surface area contributed by atoms with E-state index in [0.29, 0.717) is 0 Å². The average molecular weight is 494 g/mol. The third kappa shape index (κ3) is 3.65. The van der Waals surface area contributed by atoms with Gasteiger partial charge >= 0.3 is 0 Å². The number of hydrogen-bond acceptors (Lipinski definition) is 4. The summed E-state index contributed by atoms with van der Waals surface area (Å²) in [6.07, 6.45) is 0. The average Bonchev–Trinajstić information content (AvgIpc) is 2.63. The maximum atomic E-state index is 13.0. The Labute approximate surface area is 186 Å². The van der Waals surface area contributed by atoms with Crippen molar-refractivity contribution in [1.29, 1.82) is 0 Å². The lowest BCUT2D eigenvalue weighted by atomic mass is 9.83. The fourth-order valence-corrected chi connectivity index (χ4v) is 5.35. The first-order chi connectivity index (χ1) is 13.5. The molecule has 0 aliphatic carbocycles. The number of halogens is 4. The molecule has 0 heterocycles. The highest BCUT2D eigenvalue weighted by atomic mass is 35.5. The molecule has 3 aromatic carbocycles. The molecule has 0 spiro atoms. The molecule has 0 saturated heterocycles. The second-order valence-electron chi connectivity index (χ2n) is 6.09. The van der Waals surface area contributed by atoms with Gasteiger partial charge in [-0.1, -0.05) is 64.6 Å². The number of hydrogen-bond donors (Lipinski definition) is 3. The molecule has 1 unspecified atom stereocenters. The molecule has 3 rings (SSSR count). The summed E-state index contributed by atoms with van der Waals surface area (Å²) in [5.41, 5.74) is -0.601. The lowest BCUT2D eigenvalue weighted by Gasteiger charge is -2.34. The zero-order valence-electron chi connectivity index (χ0n) is 14.3. The SMILES string of the molecule is O=S(=O)(O)C(c1cccc(Cl)c1)(c1ccc(Cl)c(Cl)c1)c1c(Cl)ccc(O)c1O. The van der Waals surface area contributed by atoms with Crippen molar-refractivity contribution >= 4 is 56.5 Å². The van der Waals surface area contributed by atoms with E-state index >= 15 is 0 Å².